The molecule has 15 heteroatoms. The number of likely N-dealkylation sites (N-methyl/N-ethyl adjacent to an activating group) is 1. The summed E-state index contributed by atoms with van der Waals surface area (Å²) in [5, 5.41) is 36.7. The number of carboxylic acid groups (broad SMARTS) is 1. The van der Waals surface area contributed by atoms with Gasteiger partial charge in [0, 0.05) is 31.0 Å². The number of aliphatic carboxylic acids is 1. The van der Waals surface area contributed by atoms with E-state index < -0.39 is 71.2 Å². The van der Waals surface area contributed by atoms with Crippen LogP contribution in [-0.2, 0) is 45.2 Å². The van der Waals surface area contributed by atoms with E-state index in [0.717, 1.165) is 11.1 Å². The number of carbonyl (C=O) groups is 5. The van der Waals surface area contributed by atoms with Crippen molar-refractivity contribution in [3.63, 3.8) is 0 Å². The number of aliphatic hydroxyl groups is 1. The lowest BCUT2D eigenvalue weighted by molar-refractivity contribution is -0.175. The standard InChI is InChI=1S/C33H43N3O12/c1-17(45-24(40)11-14-34-28(41)19(7-9-23(38)39)35-30(43)48-31(2,3)4)29(42)46-21-10-12-33(44)22-16-18-6-8-20(37)26-25(18)32(33,27(21)47-26)13-15-36(22)5/h6,8,10,17,19,22,27,37,44H,7,9,11-16H2,1-5H3,(H,34,41)(H,35,43)(H,38,39)/t17?,19?,22-,27+,32+,33-/m1/s1. The third-order valence-corrected chi connectivity index (χ3v) is 9.49. The Balaban J connectivity index is 1.18. The minimum atomic E-state index is -1.34. The van der Waals surface area contributed by atoms with Crippen molar-refractivity contribution in [1.29, 1.82) is 0 Å². The molecule has 48 heavy (non-hydrogen) atoms. The number of alkyl carbamates (subject to hydrolysis) is 1. The van der Waals surface area contributed by atoms with Crippen LogP contribution < -0.4 is 15.4 Å². The van der Waals surface area contributed by atoms with Gasteiger partial charge in [-0.15, -0.1) is 0 Å². The molecule has 262 valence electrons. The number of hydrogen-bond acceptors (Lipinski definition) is 12. The maximum atomic E-state index is 13.2. The van der Waals surface area contributed by atoms with Gasteiger partial charge in [0.05, 0.1) is 17.4 Å². The summed E-state index contributed by atoms with van der Waals surface area (Å²) in [7, 11) is 1.96. The van der Waals surface area contributed by atoms with Gasteiger partial charge in [-0.25, -0.2) is 9.59 Å². The van der Waals surface area contributed by atoms with Crippen LogP contribution in [0.1, 0.15) is 70.9 Å². The first kappa shape index (κ1) is 35.0. The van der Waals surface area contributed by atoms with Crippen LogP contribution in [0.5, 0.6) is 11.5 Å². The highest BCUT2D eigenvalue weighted by Gasteiger charge is 2.72. The average molecular weight is 674 g/mol. The number of piperidine rings is 1. The van der Waals surface area contributed by atoms with Gasteiger partial charge in [-0.1, -0.05) is 6.07 Å². The van der Waals surface area contributed by atoms with Gasteiger partial charge in [-0.05, 0) is 78.3 Å². The Morgan fingerprint density at radius 3 is 2.58 bits per heavy atom. The highest BCUT2D eigenvalue weighted by Crippen LogP contribution is 2.65. The predicted molar refractivity (Wildman–Crippen MR) is 166 cm³/mol. The third-order valence-electron chi connectivity index (χ3n) is 9.49. The number of carbonyl (C=O) groups excluding carboxylic acids is 4. The summed E-state index contributed by atoms with van der Waals surface area (Å²) in [4.78, 5) is 63.7. The van der Waals surface area contributed by atoms with Crippen LogP contribution in [0, 0.1) is 0 Å². The Hall–Kier alpha value is -4.37. The summed E-state index contributed by atoms with van der Waals surface area (Å²) in [6.45, 7) is 6.67. The molecule has 2 heterocycles. The lowest BCUT2D eigenvalue weighted by Gasteiger charge is -2.61. The normalized spacial score (nSPS) is 26.5. The number of aromatic hydroxyl groups is 1. The van der Waals surface area contributed by atoms with Gasteiger partial charge in [-0.2, -0.15) is 0 Å². The Morgan fingerprint density at radius 2 is 1.90 bits per heavy atom. The van der Waals surface area contributed by atoms with Crippen molar-refractivity contribution < 1.29 is 58.2 Å². The number of benzene rings is 1. The van der Waals surface area contributed by atoms with Crippen LogP contribution in [0.4, 0.5) is 4.79 Å². The Morgan fingerprint density at radius 1 is 1.17 bits per heavy atom. The van der Waals surface area contributed by atoms with E-state index >= 15 is 0 Å². The maximum absolute atomic E-state index is 13.2. The van der Waals surface area contributed by atoms with Crippen molar-refractivity contribution >= 4 is 29.9 Å². The number of rotatable bonds is 11. The zero-order valence-corrected chi connectivity index (χ0v) is 27.7. The van der Waals surface area contributed by atoms with E-state index in [1.807, 2.05) is 13.1 Å². The number of ether oxygens (including phenoxy) is 4. The lowest BCUT2D eigenvalue weighted by Crippen LogP contribution is -2.74. The fourth-order valence-electron chi connectivity index (χ4n) is 7.34. The first-order valence-corrected chi connectivity index (χ1v) is 16.0. The molecule has 1 aromatic rings. The Labute approximate surface area is 277 Å². The second-order valence-corrected chi connectivity index (χ2v) is 13.8. The smallest absolute Gasteiger partial charge is 0.408 e. The van der Waals surface area contributed by atoms with Crippen LogP contribution >= 0.6 is 0 Å². The largest absolute Gasteiger partial charge is 0.504 e. The molecule has 0 saturated carbocycles. The fourth-order valence-corrected chi connectivity index (χ4v) is 7.34. The molecule has 2 amide bonds. The quantitative estimate of drug-likeness (QED) is 0.166. The average Bonchev–Trinajstić information content (AvgIpc) is 3.35. The van der Waals surface area contributed by atoms with Gasteiger partial charge in [0.15, 0.2) is 23.7 Å². The number of likely N-dealkylation sites (tertiary alicyclic amines) is 1. The van der Waals surface area contributed by atoms with Crippen molar-refractivity contribution in [3.8, 4) is 11.5 Å². The minimum Gasteiger partial charge on any atom is -0.504 e. The molecule has 1 spiro atoms. The maximum Gasteiger partial charge on any atom is 0.408 e. The zero-order chi connectivity index (χ0) is 35.2. The van der Waals surface area contributed by atoms with E-state index in [4.69, 9.17) is 24.1 Å². The molecule has 1 fully saturated rings. The van der Waals surface area contributed by atoms with Crippen LogP contribution in [0.25, 0.3) is 0 Å². The number of carboxylic acids is 1. The van der Waals surface area contributed by atoms with E-state index in [1.54, 1.807) is 32.9 Å². The number of nitrogens with zero attached hydrogens (tertiary/aromatic N) is 1. The first-order valence-electron chi connectivity index (χ1n) is 16.0. The van der Waals surface area contributed by atoms with Crippen LogP contribution in [0.2, 0.25) is 0 Å². The fraction of sp³-hybridized carbons (Fsp3) is 0.606. The third kappa shape index (κ3) is 6.40. The summed E-state index contributed by atoms with van der Waals surface area (Å²) < 4.78 is 22.4. The molecule has 4 aliphatic rings. The van der Waals surface area contributed by atoms with E-state index in [9.17, 15) is 34.2 Å². The molecule has 2 unspecified atom stereocenters. The zero-order valence-electron chi connectivity index (χ0n) is 27.7. The SMILES string of the molecule is CC(OC(=O)CCNC(=O)C(CCC(=O)O)NC(=O)OC(C)(C)C)C(=O)OC1=CC[C@@]2(O)[C@H]3Cc4ccc(O)c5c4[C@@]2(CCN3C)[C@H]1O5. The summed E-state index contributed by atoms with van der Waals surface area (Å²) >= 11 is 0. The van der Waals surface area contributed by atoms with Gasteiger partial charge in [-0.3, -0.25) is 14.4 Å². The van der Waals surface area contributed by atoms with Crippen molar-refractivity contribution in [2.45, 2.75) is 107 Å². The number of amides is 2. The Kier molecular flexibility index (Phi) is 9.40. The Bertz CT molecular complexity index is 1540. The summed E-state index contributed by atoms with van der Waals surface area (Å²) in [6.07, 6.45) is -1.19. The van der Waals surface area contributed by atoms with Crippen molar-refractivity contribution in [2.75, 3.05) is 20.1 Å². The van der Waals surface area contributed by atoms with Crippen LogP contribution in [0.15, 0.2) is 24.0 Å². The molecule has 6 atom stereocenters. The number of nitrogens with one attached hydrogen (secondary N) is 2. The molecule has 2 bridgehead atoms. The van der Waals surface area contributed by atoms with Crippen molar-refractivity contribution in [1.82, 2.24) is 15.5 Å². The van der Waals surface area contributed by atoms with E-state index in [-0.39, 0.29) is 49.1 Å². The molecular weight excluding hydrogens is 630 g/mol. The van der Waals surface area contributed by atoms with E-state index in [0.29, 0.717) is 19.4 Å². The predicted octanol–water partition coefficient (Wildman–Crippen LogP) is 1.41. The highest BCUT2D eigenvalue weighted by atomic mass is 16.6. The van der Waals surface area contributed by atoms with Gasteiger partial charge in [0.1, 0.15) is 17.4 Å². The summed E-state index contributed by atoms with van der Waals surface area (Å²) in [5.74, 6) is -3.21. The second kappa shape index (κ2) is 12.9. The van der Waals surface area contributed by atoms with Crippen LogP contribution in [-0.4, -0.2) is 106 Å². The molecule has 5 rings (SSSR count). The van der Waals surface area contributed by atoms with Gasteiger partial charge < -0.3 is 49.8 Å². The number of phenols is 1. The van der Waals surface area contributed by atoms with Crippen LogP contribution in [0.3, 0.4) is 0 Å². The molecule has 0 aromatic heterocycles. The molecule has 1 saturated heterocycles. The van der Waals surface area contributed by atoms with Gasteiger partial charge in [0.2, 0.25) is 5.91 Å². The monoisotopic (exact) mass is 673 g/mol. The van der Waals surface area contributed by atoms with Crippen molar-refractivity contribution in [3.05, 3.63) is 35.1 Å². The van der Waals surface area contributed by atoms with Gasteiger partial charge in [0.25, 0.3) is 0 Å². The first-order chi connectivity index (χ1) is 22.5. The topological polar surface area (TPSA) is 210 Å². The highest BCUT2D eigenvalue weighted by molar-refractivity contribution is 5.86. The molecule has 15 nitrogen and oxygen atoms in total. The number of esters is 2. The van der Waals surface area contributed by atoms with Gasteiger partial charge >= 0.3 is 24.0 Å². The van der Waals surface area contributed by atoms with E-state index in [1.165, 1.54) is 6.92 Å². The van der Waals surface area contributed by atoms with E-state index in [2.05, 4.69) is 15.5 Å². The molecule has 0 radical (unpaired) electrons. The molecule has 5 N–H and O–H groups in total. The number of phenolic OH excluding ortho intramolecular Hbond substituents is 1. The van der Waals surface area contributed by atoms with Crippen molar-refractivity contribution in [2.24, 2.45) is 0 Å². The number of hydrogen-bond donors (Lipinski definition) is 5. The molecule has 2 aliphatic carbocycles. The molecule has 2 aliphatic heterocycles. The minimum absolute atomic E-state index is 0.0638. The summed E-state index contributed by atoms with van der Waals surface area (Å²) in [5.41, 5.74) is -1.32. The second-order valence-electron chi connectivity index (χ2n) is 13.8. The molecular formula is C33H43N3O12. The summed E-state index contributed by atoms with van der Waals surface area (Å²) in [6, 6.07) is 1.97. The molecule has 1 aromatic carbocycles. The lowest BCUT2D eigenvalue weighted by atomic mass is 9.50.